The normalized spacial score (nSPS) is 13.7. The van der Waals surface area contributed by atoms with Gasteiger partial charge in [0.25, 0.3) is 11.5 Å². The maximum absolute atomic E-state index is 14.3. The van der Waals surface area contributed by atoms with Crippen molar-refractivity contribution in [3.05, 3.63) is 76.0 Å². The largest absolute Gasteiger partial charge is 0.357 e. The Hall–Kier alpha value is -4.61. The zero-order valence-electron chi connectivity index (χ0n) is 19.4. The van der Waals surface area contributed by atoms with E-state index < -0.39 is 28.8 Å². The number of hydrogen-bond acceptors (Lipinski definition) is 6. The number of fused-ring (bicyclic) bond motifs is 1. The van der Waals surface area contributed by atoms with Gasteiger partial charge in [0.1, 0.15) is 22.7 Å². The summed E-state index contributed by atoms with van der Waals surface area (Å²) >= 11 is 0. The Bertz CT molecular complexity index is 1570. The van der Waals surface area contributed by atoms with E-state index in [1.54, 1.807) is 12.1 Å². The summed E-state index contributed by atoms with van der Waals surface area (Å²) < 4.78 is 31.0. The topological polar surface area (TPSA) is 114 Å². The number of carbonyl (C=O) groups is 2. The average molecular weight is 493 g/mol. The fraction of sp³-hybridized carbons (Fsp3) is 0.208. The molecule has 12 heteroatoms. The highest BCUT2D eigenvalue weighted by Gasteiger charge is 2.25. The van der Waals surface area contributed by atoms with E-state index in [1.807, 2.05) is 23.4 Å². The van der Waals surface area contributed by atoms with Crippen molar-refractivity contribution in [1.29, 1.82) is 0 Å². The van der Waals surface area contributed by atoms with Crippen molar-refractivity contribution < 1.29 is 18.4 Å². The molecule has 1 fully saturated rings. The maximum Gasteiger partial charge on any atom is 0.276 e. The first-order chi connectivity index (χ1) is 17.2. The zero-order chi connectivity index (χ0) is 25.6. The van der Waals surface area contributed by atoms with Crippen molar-refractivity contribution >= 4 is 34.2 Å². The third-order valence-corrected chi connectivity index (χ3v) is 6.04. The molecule has 36 heavy (non-hydrogen) atoms. The summed E-state index contributed by atoms with van der Waals surface area (Å²) in [4.78, 5) is 44.1. The molecule has 1 aliphatic rings. The Kier molecular flexibility index (Phi) is 5.71. The van der Waals surface area contributed by atoms with Crippen LogP contribution in [0.15, 0.2) is 47.3 Å². The molecule has 2 amide bonds. The SMILES string of the molecule is Cc1nc2c(N3CCNC(=O)C3)c(NC(=O)c3ccc(=O)n(-c4c(F)cccc4F)n3)ccc2n1C. The summed E-state index contributed by atoms with van der Waals surface area (Å²) in [5.74, 6) is -2.12. The lowest BCUT2D eigenvalue weighted by Crippen LogP contribution is -2.48. The second-order valence-electron chi connectivity index (χ2n) is 8.31. The molecule has 4 aromatic rings. The van der Waals surface area contributed by atoms with Crippen LogP contribution >= 0.6 is 0 Å². The summed E-state index contributed by atoms with van der Waals surface area (Å²) in [5, 5.41) is 9.44. The molecule has 0 spiro atoms. The number of nitrogens with one attached hydrogen (secondary N) is 2. The highest BCUT2D eigenvalue weighted by Crippen LogP contribution is 2.35. The first kappa shape index (κ1) is 23.1. The van der Waals surface area contributed by atoms with E-state index in [0.717, 1.165) is 35.6 Å². The van der Waals surface area contributed by atoms with Crippen molar-refractivity contribution in [2.24, 2.45) is 7.05 Å². The number of amides is 2. The van der Waals surface area contributed by atoms with Crippen molar-refractivity contribution in [3.63, 3.8) is 0 Å². The number of aromatic nitrogens is 4. The third kappa shape index (κ3) is 3.96. The monoisotopic (exact) mass is 493 g/mol. The molecule has 0 bridgehead atoms. The van der Waals surface area contributed by atoms with Gasteiger partial charge in [-0.15, -0.1) is 0 Å². The number of carbonyl (C=O) groups excluding carboxylic acids is 2. The molecule has 1 aliphatic heterocycles. The van der Waals surface area contributed by atoms with Crippen LogP contribution in [0.4, 0.5) is 20.2 Å². The highest BCUT2D eigenvalue weighted by atomic mass is 19.1. The van der Waals surface area contributed by atoms with Crippen LogP contribution < -0.4 is 21.1 Å². The van der Waals surface area contributed by atoms with E-state index in [1.165, 1.54) is 6.07 Å². The first-order valence-electron chi connectivity index (χ1n) is 11.1. The summed E-state index contributed by atoms with van der Waals surface area (Å²) in [6, 6.07) is 8.80. The van der Waals surface area contributed by atoms with E-state index in [4.69, 9.17) is 0 Å². The Balaban J connectivity index is 1.57. The third-order valence-electron chi connectivity index (χ3n) is 6.04. The van der Waals surface area contributed by atoms with E-state index >= 15 is 0 Å². The number of rotatable bonds is 4. The number of aryl methyl sites for hydroxylation is 2. The maximum atomic E-state index is 14.3. The van der Waals surface area contributed by atoms with Crippen LogP contribution in [0.3, 0.4) is 0 Å². The van der Waals surface area contributed by atoms with E-state index in [-0.39, 0.29) is 18.1 Å². The minimum atomic E-state index is -0.996. The van der Waals surface area contributed by atoms with Crippen LogP contribution in [0, 0.1) is 18.6 Å². The zero-order valence-corrected chi connectivity index (χ0v) is 19.4. The number of para-hydroxylation sites is 1. The van der Waals surface area contributed by atoms with Gasteiger partial charge in [0.2, 0.25) is 5.91 Å². The molecule has 0 radical (unpaired) electrons. The number of benzene rings is 2. The molecule has 10 nitrogen and oxygen atoms in total. The van der Waals surface area contributed by atoms with Crippen LogP contribution in [-0.4, -0.2) is 50.8 Å². The number of imidazole rings is 1. The molecule has 5 rings (SSSR count). The molecule has 3 heterocycles. The molecule has 0 unspecified atom stereocenters. The first-order valence-corrected chi connectivity index (χ1v) is 11.1. The molecule has 2 aromatic heterocycles. The predicted molar refractivity (Wildman–Crippen MR) is 128 cm³/mol. The van der Waals surface area contributed by atoms with Crippen molar-refractivity contribution in [3.8, 4) is 5.69 Å². The van der Waals surface area contributed by atoms with Gasteiger partial charge in [0.05, 0.1) is 23.4 Å². The number of nitrogens with zero attached hydrogens (tertiary/aromatic N) is 5. The summed E-state index contributed by atoms with van der Waals surface area (Å²) in [5.41, 5.74) is 0.632. The molecule has 1 saturated heterocycles. The molecular formula is C24H21F2N7O3. The number of piperazine rings is 1. The van der Waals surface area contributed by atoms with Gasteiger partial charge in [-0.25, -0.2) is 13.8 Å². The highest BCUT2D eigenvalue weighted by molar-refractivity contribution is 6.08. The van der Waals surface area contributed by atoms with Crippen LogP contribution in [0.25, 0.3) is 16.7 Å². The Labute approximate surface area is 203 Å². The van der Waals surface area contributed by atoms with Gasteiger partial charge < -0.3 is 20.1 Å². The summed E-state index contributed by atoms with van der Waals surface area (Å²) in [7, 11) is 1.87. The standard InChI is InChI=1S/C24H21F2N7O3/c1-13-28-21-18(31(13)2)8-6-16(23(21)32-11-10-27-19(34)12-32)29-24(36)17-7-9-20(35)33(30-17)22-14(25)4-3-5-15(22)26/h3-9H,10-12H2,1-2H3,(H,27,34)(H,29,36). The van der Waals surface area contributed by atoms with Crippen LogP contribution in [0.2, 0.25) is 0 Å². The minimum Gasteiger partial charge on any atom is -0.357 e. The van der Waals surface area contributed by atoms with Crippen molar-refractivity contribution in [1.82, 2.24) is 24.6 Å². The lowest BCUT2D eigenvalue weighted by molar-refractivity contribution is -0.120. The van der Waals surface area contributed by atoms with Gasteiger partial charge in [-0.05, 0) is 37.3 Å². The van der Waals surface area contributed by atoms with Crippen molar-refractivity contribution in [2.45, 2.75) is 6.92 Å². The average Bonchev–Trinajstić information content (AvgIpc) is 3.13. The lowest BCUT2D eigenvalue weighted by atomic mass is 10.1. The fourth-order valence-electron chi connectivity index (χ4n) is 4.18. The molecule has 184 valence electrons. The van der Waals surface area contributed by atoms with Gasteiger partial charge in [0, 0.05) is 26.2 Å². The molecule has 0 saturated carbocycles. The van der Waals surface area contributed by atoms with Gasteiger partial charge >= 0.3 is 0 Å². The van der Waals surface area contributed by atoms with E-state index in [2.05, 4.69) is 20.7 Å². The van der Waals surface area contributed by atoms with Crippen LogP contribution in [0.5, 0.6) is 0 Å². The number of anilines is 2. The quantitative estimate of drug-likeness (QED) is 0.449. The van der Waals surface area contributed by atoms with Crippen LogP contribution in [-0.2, 0) is 11.8 Å². The second-order valence-corrected chi connectivity index (χ2v) is 8.31. The second kappa shape index (κ2) is 8.87. The molecule has 0 aliphatic carbocycles. The molecular weight excluding hydrogens is 472 g/mol. The smallest absolute Gasteiger partial charge is 0.276 e. The van der Waals surface area contributed by atoms with Crippen molar-refractivity contribution in [2.75, 3.05) is 29.9 Å². The predicted octanol–water partition coefficient (Wildman–Crippen LogP) is 1.89. The lowest BCUT2D eigenvalue weighted by Gasteiger charge is -2.30. The fourth-order valence-corrected chi connectivity index (χ4v) is 4.18. The summed E-state index contributed by atoms with van der Waals surface area (Å²) in [6.45, 7) is 2.85. The Morgan fingerprint density at radius 3 is 2.53 bits per heavy atom. The van der Waals surface area contributed by atoms with Gasteiger partial charge in [-0.2, -0.15) is 9.78 Å². The van der Waals surface area contributed by atoms with E-state index in [0.29, 0.717) is 34.7 Å². The van der Waals surface area contributed by atoms with E-state index in [9.17, 15) is 23.2 Å². The summed E-state index contributed by atoms with van der Waals surface area (Å²) in [6.07, 6.45) is 0. The van der Waals surface area contributed by atoms with Gasteiger partial charge in [0.15, 0.2) is 11.6 Å². The number of hydrogen-bond donors (Lipinski definition) is 2. The minimum absolute atomic E-state index is 0.0767. The number of halogens is 2. The molecule has 2 N–H and O–H groups in total. The Morgan fingerprint density at radius 2 is 1.81 bits per heavy atom. The van der Waals surface area contributed by atoms with Gasteiger partial charge in [-0.3, -0.25) is 14.4 Å². The van der Waals surface area contributed by atoms with Gasteiger partial charge in [-0.1, -0.05) is 6.07 Å². The van der Waals surface area contributed by atoms with Crippen LogP contribution in [0.1, 0.15) is 16.3 Å². The Morgan fingerprint density at radius 1 is 1.06 bits per heavy atom. The molecule has 2 aromatic carbocycles. The molecule has 0 atom stereocenters.